The minimum Gasteiger partial charge on any atom is -0.494 e. The van der Waals surface area contributed by atoms with E-state index in [9.17, 15) is 4.39 Å². The highest BCUT2D eigenvalue weighted by atomic mass is 19.1. The molecule has 0 N–H and O–H groups in total. The molecule has 0 aliphatic carbocycles. The van der Waals surface area contributed by atoms with E-state index >= 15 is 0 Å². The average Bonchev–Trinajstić information content (AvgIpc) is 2.82. The van der Waals surface area contributed by atoms with E-state index in [0.29, 0.717) is 44.9 Å². The van der Waals surface area contributed by atoms with E-state index in [0.717, 1.165) is 17.8 Å². The second kappa shape index (κ2) is 12.5. The van der Waals surface area contributed by atoms with Crippen molar-refractivity contribution in [2.75, 3.05) is 59.0 Å². The van der Waals surface area contributed by atoms with E-state index in [1.54, 1.807) is 18.2 Å². The number of methoxy groups -OCH3 is 1. The number of rotatable bonds is 11. The lowest BCUT2D eigenvalue weighted by Gasteiger charge is -2.32. The summed E-state index contributed by atoms with van der Waals surface area (Å²) in [6, 6.07) is 14.5. The average molecular weight is 458 g/mol. The van der Waals surface area contributed by atoms with Crippen LogP contribution in [0.25, 0.3) is 0 Å². The van der Waals surface area contributed by atoms with Gasteiger partial charge in [0, 0.05) is 31.7 Å². The summed E-state index contributed by atoms with van der Waals surface area (Å²) in [4.78, 5) is 4.19. The van der Waals surface area contributed by atoms with Crippen LogP contribution in [0.4, 0.5) is 10.1 Å². The summed E-state index contributed by atoms with van der Waals surface area (Å²) in [6.45, 7) is 3.62. The Kier molecular flexibility index (Phi) is 9.46. The van der Waals surface area contributed by atoms with Gasteiger partial charge in [0.1, 0.15) is 6.10 Å². The lowest BCUT2D eigenvalue weighted by atomic mass is 10.1. The van der Waals surface area contributed by atoms with E-state index in [-0.39, 0.29) is 18.1 Å². The van der Waals surface area contributed by atoms with E-state index in [4.69, 9.17) is 24.2 Å². The van der Waals surface area contributed by atoms with Gasteiger partial charge in [-0.25, -0.2) is 4.39 Å². The second-order valence-electron chi connectivity index (χ2n) is 8.23. The maximum atomic E-state index is 14.2. The number of anilines is 1. The molecule has 1 saturated heterocycles. The normalized spacial score (nSPS) is 18.2. The van der Waals surface area contributed by atoms with Crippen LogP contribution in [0.2, 0.25) is 0 Å². The Labute approximate surface area is 195 Å². The van der Waals surface area contributed by atoms with Gasteiger partial charge in [-0.3, -0.25) is 0 Å². The van der Waals surface area contributed by atoms with Crippen LogP contribution >= 0.6 is 0 Å². The molecule has 2 aromatic rings. The van der Waals surface area contributed by atoms with Gasteiger partial charge in [0.05, 0.1) is 38.6 Å². The van der Waals surface area contributed by atoms with Crippen LogP contribution in [0.5, 0.6) is 5.75 Å². The molecule has 178 valence electrons. The fourth-order valence-electron chi connectivity index (χ4n) is 3.53. The van der Waals surface area contributed by atoms with Gasteiger partial charge >= 0.3 is 0 Å². The molecule has 0 radical (unpaired) electrons. The van der Waals surface area contributed by atoms with E-state index in [2.05, 4.69) is 15.9 Å². The number of hydrogen-bond donors (Lipinski definition) is 0. The SMILES string of the molecule is COc1ccc(CN(CCC2OCC(OCCN(C)C)CO2)c2ccc(C#N)cc2)cc1F. The second-order valence-corrected chi connectivity index (χ2v) is 8.23. The van der Waals surface area contributed by atoms with Crippen molar-refractivity contribution in [3.8, 4) is 11.8 Å². The summed E-state index contributed by atoms with van der Waals surface area (Å²) in [5.41, 5.74) is 2.34. The standard InChI is InChI=1S/C25H32FN3O4/c1-28(2)12-13-31-22-17-32-25(33-18-22)10-11-29(21-7-4-19(15-27)5-8-21)16-20-6-9-24(30-3)23(26)14-20/h4-9,14,22,25H,10-13,16-18H2,1-3H3. The summed E-state index contributed by atoms with van der Waals surface area (Å²) < 4.78 is 36.8. The zero-order valence-corrected chi connectivity index (χ0v) is 19.5. The third-order valence-corrected chi connectivity index (χ3v) is 5.41. The lowest BCUT2D eigenvalue weighted by molar-refractivity contribution is -0.227. The van der Waals surface area contributed by atoms with Crippen molar-refractivity contribution in [1.82, 2.24) is 4.90 Å². The van der Waals surface area contributed by atoms with Crippen LogP contribution in [-0.2, 0) is 20.8 Å². The largest absolute Gasteiger partial charge is 0.494 e. The van der Waals surface area contributed by atoms with Crippen LogP contribution in [0.3, 0.4) is 0 Å². The molecule has 7 nitrogen and oxygen atoms in total. The van der Waals surface area contributed by atoms with Gasteiger partial charge in [-0.1, -0.05) is 6.07 Å². The summed E-state index contributed by atoms with van der Waals surface area (Å²) in [6.07, 6.45) is 0.258. The number of likely N-dealkylation sites (N-methyl/N-ethyl adjacent to an activating group) is 1. The number of nitrogens with zero attached hydrogens (tertiary/aromatic N) is 3. The molecule has 2 aromatic carbocycles. The zero-order valence-electron chi connectivity index (χ0n) is 19.5. The quantitative estimate of drug-likeness (QED) is 0.512. The molecule has 0 saturated carbocycles. The Bertz CT molecular complexity index is 909. The fourth-order valence-corrected chi connectivity index (χ4v) is 3.53. The summed E-state index contributed by atoms with van der Waals surface area (Å²) in [5, 5.41) is 9.10. The van der Waals surface area contributed by atoms with Crippen LogP contribution in [0.1, 0.15) is 17.5 Å². The molecule has 1 heterocycles. The summed E-state index contributed by atoms with van der Waals surface area (Å²) in [7, 11) is 5.46. The number of nitriles is 1. The Morgan fingerprint density at radius 3 is 2.42 bits per heavy atom. The van der Waals surface area contributed by atoms with Crippen molar-refractivity contribution >= 4 is 5.69 Å². The van der Waals surface area contributed by atoms with Gasteiger partial charge in [-0.2, -0.15) is 5.26 Å². The van der Waals surface area contributed by atoms with E-state index in [1.807, 2.05) is 32.3 Å². The number of hydrogen-bond acceptors (Lipinski definition) is 7. The zero-order chi connectivity index (χ0) is 23.6. The molecule has 1 aliphatic rings. The minimum absolute atomic E-state index is 0.0573. The Morgan fingerprint density at radius 1 is 1.09 bits per heavy atom. The molecular formula is C25H32FN3O4. The van der Waals surface area contributed by atoms with Crippen LogP contribution in [0, 0.1) is 17.1 Å². The van der Waals surface area contributed by atoms with Crippen molar-refractivity contribution in [3.63, 3.8) is 0 Å². The van der Waals surface area contributed by atoms with E-state index < -0.39 is 5.82 Å². The van der Waals surface area contributed by atoms with Gasteiger partial charge in [0.2, 0.25) is 0 Å². The molecule has 1 fully saturated rings. The molecule has 0 amide bonds. The molecule has 3 rings (SSSR count). The topological polar surface area (TPSA) is 67.2 Å². The predicted molar refractivity (Wildman–Crippen MR) is 124 cm³/mol. The van der Waals surface area contributed by atoms with Crippen molar-refractivity contribution in [2.45, 2.75) is 25.4 Å². The molecule has 8 heteroatoms. The molecule has 0 spiro atoms. The third-order valence-electron chi connectivity index (χ3n) is 5.41. The summed E-state index contributed by atoms with van der Waals surface area (Å²) in [5.74, 6) is -0.177. The monoisotopic (exact) mass is 457 g/mol. The van der Waals surface area contributed by atoms with E-state index in [1.165, 1.54) is 13.2 Å². The van der Waals surface area contributed by atoms with Crippen LogP contribution < -0.4 is 9.64 Å². The Balaban J connectivity index is 1.59. The van der Waals surface area contributed by atoms with Crippen LogP contribution in [-0.4, -0.2) is 71.4 Å². The van der Waals surface area contributed by atoms with Crippen molar-refractivity contribution in [3.05, 3.63) is 59.4 Å². The first-order valence-electron chi connectivity index (χ1n) is 11.1. The molecule has 0 bridgehead atoms. The van der Waals surface area contributed by atoms with Gasteiger partial charge < -0.3 is 28.7 Å². The van der Waals surface area contributed by atoms with Gasteiger partial charge in [-0.05, 0) is 56.1 Å². The maximum Gasteiger partial charge on any atom is 0.165 e. The molecular weight excluding hydrogens is 425 g/mol. The highest BCUT2D eigenvalue weighted by molar-refractivity contribution is 5.50. The van der Waals surface area contributed by atoms with Crippen molar-refractivity contribution in [2.24, 2.45) is 0 Å². The van der Waals surface area contributed by atoms with Crippen LogP contribution in [0.15, 0.2) is 42.5 Å². The van der Waals surface area contributed by atoms with Gasteiger partial charge in [0.15, 0.2) is 17.9 Å². The Morgan fingerprint density at radius 2 is 1.82 bits per heavy atom. The summed E-state index contributed by atoms with van der Waals surface area (Å²) >= 11 is 0. The number of ether oxygens (including phenoxy) is 4. The fraction of sp³-hybridized carbons (Fsp3) is 0.480. The van der Waals surface area contributed by atoms with Crippen molar-refractivity contribution < 1.29 is 23.3 Å². The Hall–Kier alpha value is -2.70. The first kappa shape index (κ1) is 24.9. The highest BCUT2D eigenvalue weighted by Crippen LogP contribution is 2.23. The van der Waals surface area contributed by atoms with Gasteiger partial charge in [-0.15, -0.1) is 0 Å². The molecule has 0 atom stereocenters. The number of benzene rings is 2. The predicted octanol–water partition coefficient (Wildman–Crippen LogP) is 3.42. The number of halogens is 1. The first-order valence-corrected chi connectivity index (χ1v) is 11.1. The highest BCUT2D eigenvalue weighted by Gasteiger charge is 2.23. The molecule has 1 aliphatic heterocycles. The van der Waals surface area contributed by atoms with Gasteiger partial charge in [0.25, 0.3) is 0 Å². The molecule has 0 unspecified atom stereocenters. The maximum absolute atomic E-state index is 14.2. The lowest BCUT2D eigenvalue weighted by Crippen LogP contribution is -2.40. The first-order chi connectivity index (χ1) is 16.0. The smallest absolute Gasteiger partial charge is 0.165 e. The molecule has 33 heavy (non-hydrogen) atoms. The minimum atomic E-state index is -0.394. The van der Waals surface area contributed by atoms with Crippen molar-refractivity contribution in [1.29, 1.82) is 5.26 Å². The third kappa shape index (κ3) is 7.69. The molecule has 0 aromatic heterocycles.